The fourth-order valence-electron chi connectivity index (χ4n) is 4.23. The van der Waals surface area contributed by atoms with Gasteiger partial charge in [-0.3, -0.25) is 4.90 Å². The van der Waals surface area contributed by atoms with Crippen LogP contribution >= 0.6 is 0 Å². The van der Waals surface area contributed by atoms with Gasteiger partial charge in [0.15, 0.2) is 5.89 Å². The van der Waals surface area contributed by atoms with E-state index in [9.17, 15) is 4.39 Å². The smallest absolute Gasteiger partial charge is 0.198 e. The zero-order valence-electron chi connectivity index (χ0n) is 14.1. The van der Waals surface area contributed by atoms with Gasteiger partial charge in [0.2, 0.25) is 0 Å². The third-order valence-corrected chi connectivity index (χ3v) is 5.54. The van der Waals surface area contributed by atoms with Crippen LogP contribution in [0.3, 0.4) is 0 Å². The van der Waals surface area contributed by atoms with Crippen LogP contribution in [0.1, 0.15) is 61.7 Å². The van der Waals surface area contributed by atoms with Gasteiger partial charge < -0.3 is 4.42 Å². The van der Waals surface area contributed by atoms with Crippen LogP contribution in [0, 0.1) is 5.82 Å². The van der Waals surface area contributed by atoms with Crippen LogP contribution in [0.15, 0.2) is 34.9 Å². The maximum absolute atomic E-state index is 13.8. The SMILES string of the molecule is Fc1ccccc1Cc1cnc([C@H]2CCCN(C3CCCC3)C2)o1. The maximum Gasteiger partial charge on any atom is 0.198 e. The summed E-state index contributed by atoms with van der Waals surface area (Å²) in [5.41, 5.74) is 0.663. The van der Waals surface area contributed by atoms with E-state index in [1.807, 2.05) is 6.07 Å². The normalized spacial score (nSPS) is 23.0. The van der Waals surface area contributed by atoms with Gasteiger partial charge in [0.25, 0.3) is 0 Å². The van der Waals surface area contributed by atoms with Crippen LogP contribution in [0.5, 0.6) is 0 Å². The molecule has 2 fully saturated rings. The van der Waals surface area contributed by atoms with Crippen molar-refractivity contribution in [2.75, 3.05) is 13.1 Å². The van der Waals surface area contributed by atoms with Crippen LogP contribution in [0.4, 0.5) is 4.39 Å². The first-order chi connectivity index (χ1) is 11.8. The third kappa shape index (κ3) is 3.39. The third-order valence-electron chi connectivity index (χ3n) is 5.54. The zero-order valence-corrected chi connectivity index (χ0v) is 14.1. The van der Waals surface area contributed by atoms with Crippen LogP contribution < -0.4 is 0 Å². The van der Waals surface area contributed by atoms with Gasteiger partial charge in [-0.05, 0) is 43.9 Å². The predicted molar refractivity (Wildman–Crippen MR) is 91.5 cm³/mol. The fraction of sp³-hybridized carbons (Fsp3) is 0.550. The van der Waals surface area contributed by atoms with Crippen molar-refractivity contribution in [3.63, 3.8) is 0 Å². The molecular formula is C20H25FN2O. The summed E-state index contributed by atoms with van der Waals surface area (Å²) in [6, 6.07) is 7.63. The van der Waals surface area contributed by atoms with Gasteiger partial charge in [-0.2, -0.15) is 0 Å². The molecule has 128 valence electrons. The Morgan fingerprint density at radius 2 is 1.96 bits per heavy atom. The van der Waals surface area contributed by atoms with Crippen molar-refractivity contribution >= 4 is 0 Å². The number of piperidine rings is 1. The predicted octanol–water partition coefficient (Wildman–Crippen LogP) is 4.53. The molecule has 0 amide bonds. The number of halogens is 1. The van der Waals surface area contributed by atoms with Gasteiger partial charge in [0, 0.05) is 24.9 Å². The van der Waals surface area contributed by atoms with Gasteiger partial charge in [-0.25, -0.2) is 9.37 Å². The van der Waals surface area contributed by atoms with E-state index in [2.05, 4.69) is 9.88 Å². The molecule has 1 aliphatic heterocycles. The molecule has 2 aliphatic rings. The summed E-state index contributed by atoms with van der Waals surface area (Å²) in [6.45, 7) is 2.27. The number of likely N-dealkylation sites (tertiary alicyclic amines) is 1. The molecule has 0 N–H and O–H groups in total. The Bertz CT molecular complexity index is 678. The molecule has 4 heteroatoms. The molecular weight excluding hydrogens is 303 g/mol. The number of hydrogen-bond acceptors (Lipinski definition) is 3. The first kappa shape index (κ1) is 15.8. The first-order valence-corrected chi connectivity index (χ1v) is 9.21. The second-order valence-electron chi connectivity index (χ2n) is 7.21. The summed E-state index contributed by atoms with van der Waals surface area (Å²) in [5, 5.41) is 0. The molecule has 1 atom stereocenters. The second kappa shape index (κ2) is 7.06. The van der Waals surface area contributed by atoms with Crippen LogP contribution in [0.25, 0.3) is 0 Å². The Labute approximate surface area is 142 Å². The van der Waals surface area contributed by atoms with Crippen LogP contribution in [-0.2, 0) is 6.42 Å². The van der Waals surface area contributed by atoms with E-state index in [4.69, 9.17) is 4.42 Å². The summed E-state index contributed by atoms with van der Waals surface area (Å²) in [7, 11) is 0. The van der Waals surface area contributed by atoms with E-state index in [0.29, 0.717) is 17.9 Å². The summed E-state index contributed by atoms with van der Waals surface area (Å²) in [5.74, 6) is 1.80. The molecule has 1 aliphatic carbocycles. The molecule has 4 rings (SSSR count). The molecule has 2 aromatic rings. The first-order valence-electron chi connectivity index (χ1n) is 9.21. The van der Waals surface area contributed by atoms with Crippen molar-refractivity contribution in [2.24, 2.45) is 0 Å². The number of oxazole rings is 1. The molecule has 24 heavy (non-hydrogen) atoms. The highest BCUT2D eigenvalue weighted by Crippen LogP contribution is 2.32. The molecule has 0 spiro atoms. The van der Waals surface area contributed by atoms with Gasteiger partial charge >= 0.3 is 0 Å². The average Bonchev–Trinajstić information content (AvgIpc) is 3.29. The van der Waals surface area contributed by atoms with E-state index in [1.165, 1.54) is 44.7 Å². The molecule has 1 aromatic carbocycles. The molecule has 1 aromatic heterocycles. The van der Waals surface area contributed by atoms with E-state index in [1.54, 1.807) is 18.3 Å². The highest BCUT2D eigenvalue weighted by Gasteiger charge is 2.30. The zero-order chi connectivity index (χ0) is 16.4. The van der Waals surface area contributed by atoms with E-state index >= 15 is 0 Å². The van der Waals surface area contributed by atoms with Crippen molar-refractivity contribution in [2.45, 2.75) is 56.9 Å². The maximum atomic E-state index is 13.8. The van der Waals surface area contributed by atoms with Gasteiger partial charge in [0.1, 0.15) is 11.6 Å². The Morgan fingerprint density at radius 1 is 1.12 bits per heavy atom. The topological polar surface area (TPSA) is 29.3 Å². The minimum absolute atomic E-state index is 0.180. The summed E-state index contributed by atoms with van der Waals surface area (Å²) >= 11 is 0. The lowest BCUT2D eigenvalue weighted by Crippen LogP contribution is -2.40. The lowest BCUT2D eigenvalue weighted by Gasteiger charge is -2.35. The Kier molecular flexibility index (Phi) is 4.65. The minimum atomic E-state index is -0.180. The standard InChI is InChI=1S/C20H25FN2O/c21-19-10-4-1-6-15(19)12-18-13-22-20(24-18)16-7-5-11-23(14-16)17-8-2-3-9-17/h1,4,6,10,13,16-17H,2-3,5,7-9,11-12,14H2/t16-/m0/s1. The Hall–Kier alpha value is -1.68. The molecule has 1 saturated heterocycles. The highest BCUT2D eigenvalue weighted by molar-refractivity contribution is 5.21. The van der Waals surface area contributed by atoms with E-state index < -0.39 is 0 Å². The molecule has 0 unspecified atom stereocenters. The van der Waals surface area contributed by atoms with Gasteiger partial charge in [-0.1, -0.05) is 31.0 Å². The largest absolute Gasteiger partial charge is 0.445 e. The molecule has 0 radical (unpaired) electrons. The Morgan fingerprint density at radius 3 is 2.79 bits per heavy atom. The van der Waals surface area contributed by atoms with E-state index in [0.717, 1.165) is 30.7 Å². The summed E-state index contributed by atoms with van der Waals surface area (Å²) < 4.78 is 19.8. The molecule has 0 bridgehead atoms. The lowest BCUT2D eigenvalue weighted by molar-refractivity contribution is 0.140. The monoisotopic (exact) mass is 328 g/mol. The lowest BCUT2D eigenvalue weighted by atomic mass is 9.96. The van der Waals surface area contributed by atoms with Gasteiger partial charge in [0.05, 0.1) is 6.20 Å². The number of rotatable bonds is 4. The van der Waals surface area contributed by atoms with E-state index in [-0.39, 0.29) is 5.82 Å². The summed E-state index contributed by atoms with van der Waals surface area (Å²) in [4.78, 5) is 7.15. The molecule has 3 nitrogen and oxygen atoms in total. The van der Waals surface area contributed by atoms with Crippen LogP contribution in [-0.4, -0.2) is 29.0 Å². The Balaban J connectivity index is 1.43. The minimum Gasteiger partial charge on any atom is -0.445 e. The number of hydrogen-bond donors (Lipinski definition) is 0. The second-order valence-corrected chi connectivity index (χ2v) is 7.21. The number of aromatic nitrogens is 1. The number of benzene rings is 1. The van der Waals surface area contributed by atoms with Gasteiger partial charge in [-0.15, -0.1) is 0 Å². The van der Waals surface area contributed by atoms with Crippen molar-refractivity contribution in [3.8, 4) is 0 Å². The van der Waals surface area contributed by atoms with Crippen molar-refractivity contribution in [1.29, 1.82) is 0 Å². The van der Waals surface area contributed by atoms with Crippen LogP contribution in [0.2, 0.25) is 0 Å². The summed E-state index contributed by atoms with van der Waals surface area (Å²) in [6.07, 6.45) is 10.0. The highest BCUT2D eigenvalue weighted by atomic mass is 19.1. The molecule has 1 saturated carbocycles. The fourth-order valence-corrected chi connectivity index (χ4v) is 4.23. The van der Waals surface area contributed by atoms with Crippen molar-refractivity contribution in [3.05, 3.63) is 53.5 Å². The molecule has 2 heterocycles. The van der Waals surface area contributed by atoms with Crippen molar-refractivity contribution in [1.82, 2.24) is 9.88 Å². The average molecular weight is 328 g/mol. The number of nitrogens with zero attached hydrogens (tertiary/aromatic N) is 2. The van der Waals surface area contributed by atoms with Crippen molar-refractivity contribution < 1.29 is 8.81 Å². The quantitative estimate of drug-likeness (QED) is 0.826.